The average molecular weight is 483 g/mol. The fourth-order valence-corrected chi connectivity index (χ4v) is 3.68. The van der Waals surface area contributed by atoms with Crippen molar-refractivity contribution in [3.05, 3.63) is 48.2 Å². The molecular formula is C25H34N6O4. The molecule has 3 aromatic rings. The van der Waals surface area contributed by atoms with E-state index in [9.17, 15) is 14.7 Å². The molecule has 0 fully saturated rings. The number of hydrogen-bond acceptors (Lipinski definition) is 6. The number of ether oxygens (including phenoxy) is 1. The smallest absolute Gasteiger partial charge is 0.326 e. The van der Waals surface area contributed by atoms with Gasteiger partial charge in [-0.3, -0.25) is 4.98 Å². The molecule has 2 aromatic heterocycles. The van der Waals surface area contributed by atoms with Gasteiger partial charge in [0.05, 0.1) is 24.6 Å². The molecule has 1 aromatic carbocycles. The fraction of sp³-hybridized carbons (Fsp3) is 0.440. The molecular weight excluding hydrogens is 448 g/mol. The number of carbonyl (C=O) groups excluding carboxylic acids is 1. The van der Waals surface area contributed by atoms with Crippen LogP contribution in [0.2, 0.25) is 0 Å². The molecule has 188 valence electrons. The van der Waals surface area contributed by atoms with E-state index in [1.165, 1.54) is 12.5 Å². The highest BCUT2D eigenvalue weighted by atomic mass is 16.5. The lowest BCUT2D eigenvalue weighted by molar-refractivity contribution is -0.139. The Morgan fingerprint density at radius 1 is 1.26 bits per heavy atom. The van der Waals surface area contributed by atoms with Crippen LogP contribution in [0.15, 0.2) is 36.8 Å². The molecule has 35 heavy (non-hydrogen) atoms. The number of H-pyrrole nitrogens is 1. The van der Waals surface area contributed by atoms with E-state index in [-0.39, 0.29) is 11.8 Å². The summed E-state index contributed by atoms with van der Waals surface area (Å²) in [4.78, 5) is 37.5. The van der Waals surface area contributed by atoms with Crippen LogP contribution in [0.4, 0.5) is 10.5 Å². The molecule has 2 amide bonds. The normalized spacial score (nSPS) is 12.3. The first-order valence-electron chi connectivity index (χ1n) is 11.5. The van der Waals surface area contributed by atoms with E-state index in [2.05, 4.69) is 52.3 Å². The second-order valence-corrected chi connectivity index (χ2v) is 9.51. The van der Waals surface area contributed by atoms with E-state index in [1.807, 2.05) is 25.2 Å². The van der Waals surface area contributed by atoms with Gasteiger partial charge in [-0.25, -0.2) is 14.6 Å². The van der Waals surface area contributed by atoms with Gasteiger partial charge in [-0.15, -0.1) is 0 Å². The Hall–Kier alpha value is -3.82. The van der Waals surface area contributed by atoms with Crippen molar-refractivity contribution in [2.24, 2.45) is 0 Å². The summed E-state index contributed by atoms with van der Waals surface area (Å²) < 4.78 is 5.49. The van der Waals surface area contributed by atoms with E-state index in [4.69, 9.17) is 9.72 Å². The third kappa shape index (κ3) is 6.84. The van der Waals surface area contributed by atoms with Crippen molar-refractivity contribution in [3.63, 3.8) is 0 Å². The average Bonchev–Trinajstić information content (AvgIpc) is 3.32. The van der Waals surface area contributed by atoms with Crippen molar-refractivity contribution >= 4 is 28.6 Å². The minimum absolute atomic E-state index is 0.0769. The highest BCUT2D eigenvalue weighted by Crippen LogP contribution is 2.32. The van der Waals surface area contributed by atoms with Crippen molar-refractivity contribution in [2.45, 2.75) is 45.1 Å². The monoisotopic (exact) mass is 482 g/mol. The van der Waals surface area contributed by atoms with Crippen molar-refractivity contribution < 1.29 is 19.4 Å². The first-order chi connectivity index (χ1) is 16.6. The first-order valence-corrected chi connectivity index (χ1v) is 11.5. The quantitative estimate of drug-likeness (QED) is 0.326. The Balaban J connectivity index is 1.60. The van der Waals surface area contributed by atoms with Gasteiger partial charge in [0.1, 0.15) is 11.8 Å². The number of nitrogens with zero attached hydrogens (tertiary/aromatic N) is 3. The zero-order valence-electron chi connectivity index (χ0n) is 20.9. The number of imidazole rings is 1. The van der Waals surface area contributed by atoms with Gasteiger partial charge < -0.3 is 30.4 Å². The number of methoxy groups -OCH3 is 1. The number of hydrogen-bond donors (Lipinski definition) is 4. The van der Waals surface area contributed by atoms with Crippen LogP contribution in [0.5, 0.6) is 5.75 Å². The van der Waals surface area contributed by atoms with Gasteiger partial charge in [-0.05, 0) is 18.6 Å². The minimum atomic E-state index is -1.11. The number of aromatic nitrogens is 3. The van der Waals surface area contributed by atoms with Crippen molar-refractivity contribution in [3.8, 4) is 5.75 Å². The highest BCUT2D eigenvalue weighted by Gasteiger charge is 2.21. The van der Waals surface area contributed by atoms with E-state index in [0.717, 1.165) is 28.0 Å². The van der Waals surface area contributed by atoms with Crippen LogP contribution >= 0.6 is 0 Å². The molecule has 2 heterocycles. The summed E-state index contributed by atoms with van der Waals surface area (Å²) >= 11 is 0. The zero-order chi connectivity index (χ0) is 25.6. The maximum absolute atomic E-state index is 12.2. The lowest BCUT2D eigenvalue weighted by atomic mass is 9.91. The summed E-state index contributed by atoms with van der Waals surface area (Å²) in [5, 5.41) is 15.6. The molecule has 0 unspecified atom stereocenters. The Bertz CT molecular complexity index is 1160. The number of pyridine rings is 1. The van der Waals surface area contributed by atoms with Gasteiger partial charge in [-0.1, -0.05) is 26.8 Å². The maximum Gasteiger partial charge on any atom is 0.326 e. The topological polar surface area (TPSA) is 132 Å². The van der Waals surface area contributed by atoms with Crippen LogP contribution in [-0.4, -0.2) is 65.3 Å². The minimum Gasteiger partial charge on any atom is -0.497 e. The summed E-state index contributed by atoms with van der Waals surface area (Å²) in [5.41, 5.74) is 3.40. The Kier molecular flexibility index (Phi) is 8.16. The molecule has 10 nitrogen and oxygen atoms in total. The number of anilines is 1. The van der Waals surface area contributed by atoms with Crippen LogP contribution in [0.25, 0.3) is 10.9 Å². The van der Waals surface area contributed by atoms with Gasteiger partial charge >= 0.3 is 12.0 Å². The molecule has 4 N–H and O–H groups in total. The number of carbonyl (C=O) groups is 2. The Labute approximate surface area is 205 Å². The van der Waals surface area contributed by atoms with Crippen LogP contribution in [0, 0.1) is 0 Å². The van der Waals surface area contributed by atoms with Gasteiger partial charge in [0.25, 0.3) is 0 Å². The lowest BCUT2D eigenvalue weighted by Crippen LogP contribution is -2.47. The highest BCUT2D eigenvalue weighted by molar-refractivity contribution is 5.92. The molecule has 0 saturated heterocycles. The van der Waals surface area contributed by atoms with E-state index < -0.39 is 18.0 Å². The number of nitrogens with one attached hydrogen (secondary N) is 3. The molecule has 10 heteroatoms. The number of amides is 2. The molecule has 0 aliphatic rings. The number of aromatic amines is 1. The second kappa shape index (κ2) is 11.1. The second-order valence-electron chi connectivity index (χ2n) is 9.51. The van der Waals surface area contributed by atoms with Crippen LogP contribution in [-0.2, 0) is 16.6 Å². The number of carboxylic acids is 1. The predicted octanol–water partition coefficient (Wildman–Crippen LogP) is 3.09. The number of fused-ring (bicyclic) bond motifs is 1. The van der Waals surface area contributed by atoms with E-state index in [0.29, 0.717) is 25.2 Å². The number of carboxylic acid groups (broad SMARTS) is 1. The SMILES string of the molecule is COc1cc(N(C)CCCNC(=O)N[C@H](Cc2cnc[nH]2)C(=O)O)c2nc(C(C)(C)C)ccc2c1. The predicted molar refractivity (Wildman–Crippen MR) is 135 cm³/mol. The van der Waals surface area contributed by atoms with Crippen molar-refractivity contribution in [2.75, 3.05) is 32.1 Å². The standard InChI is InChI=1S/C25H34N6O4/c1-25(2,3)21-8-7-16-11-18(35-5)13-20(22(16)30-21)31(4)10-6-9-27-24(34)29-19(23(32)33)12-17-14-26-15-28-17/h7-8,11,13-15,19H,6,9-10,12H2,1-5H3,(H,26,28)(H,32,33)(H2,27,29,34)/t19-/m1/s1. The molecule has 0 aliphatic carbocycles. The summed E-state index contributed by atoms with van der Waals surface area (Å²) in [5.74, 6) is -0.361. The Morgan fingerprint density at radius 3 is 2.66 bits per heavy atom. The Morgan fingerprint density at radius 2 is 2.03 bits per heavy atom. The van der Waals surface area contributed by atoms with Gasteiger partial charge in [0.15, 0.2) is 0 Å². The molecule has 1 atom stereocenters. The molecule has 3 rings (SSSR count). The van der Waals surface area contributed by atoms with Crippen LogP contribution in [0.3, 0.4) is 0 Å². The molecule has 0 bridgehead atoms. The van der Waals surface area contributed by atoms with E-state index in [1.54, 1.807) is 7.11 Å². The van der Waals surface area contributed by atoms with E-state index >= 15 is 0 Å². The molecule has 0 radical (unpaired) electrons. The fourth-order valence-electron chi connectivity index (χ4n) is 3.68. The summed E-state index contributed by atoms with van der Waals surface area (Å²) in [6, 6.07) is 6.48. The molecule has 0 aliphatic heterocycles. The largest absolute Gasteiger partial charge is 0.497 e. The van der Waals surface area contributed by atoms with Crippen LogP contribution in [0.1, 0.15) is 38.6 Å². The summed E-state index contributed by atoms with van der Waals surface area (Å²) in [6.07, 6.45) is 3.78. The number of urea groups is 1. The van der Waals surface area contributed by atoms with Crippen LogP contribution < -0.4 is 20.3 Å². The lowest BCUT2D eigenvalue weighted by Gasteiger charge is -2.24. The van der Waals surface area contributed by atoms with Gasteiger partial charge in [0, 0.05) is 61.0 Å². The summed E-state index contributed by atoms with van der Waals surface area (Å²) in [6.45, 7) is 7.44. The molecule has 0 spiro atoms. The third-order valence-corrected chi connectivity index (χ3v) is 5.70. The number of aliphatic carboxylic acids is 1. The van der Waals surface area contributed by atoms with Gasteiger partial charge in [0.2, 0.25) is 0 Å². The first kappa shape index (κ1) is 25.8. The van der Waals surface area contributed by atoms with Gasteiger partial charge in [-0.2, -0.15) is 0 Å². The van der Waals surface area contributed by atoms with Crippen molar-refractivity contribution in [1.82, 2.24) is 25.6 Å². The maximum atomic E-state index is 12.2. The van der Waals surface area contributed by atoms with Crippen molar-refractivity contribution in [1.29, 1.82) is 0 Å². The summed E-state index contributed by atoms with van der Waals surface area (Å²) in [7, 11) is 3.62. The molecule has 0 saturated carbocycles. The number of benzene rings is 1. The zero-order valence-corrected chi connectivity index (χ0v) is 20.9. The number of rotatable bonds is 10. The third-order valence-electron chi connectivity index (χ3n) is 5.70.